The van der Waals surface area contributed by atoms with Crippen molar-refractivity contribution in [2.75, 3.05) is 4.90 Å². The molecule has 0 saturated carbocycles. The first kappa shape index (κ1) is 34.1. The van der Waals surface area contributed by atoms with Gasteiger partial charge in [-0.1, -0.05) is 159 Å². The third-order valence-corrected chi connectivity index (χ3v) is 15.2. The molecule has 2 aromatic heterocycles. The maximum atomic E-state index is 5.51. The average molecular weight is 802 g/mol. The third kappa shape index (κ3) is 4.79. The van der Waals surface area contributed by atoms with Crippen LogP contribution in [0.15, 0.2) is 186 Å². The Kier molecular flexibility index (Phi) is 7.17. The second-order valence-corrected chi connectivity index (χ2v) is 18.6. The lowest BCUT2D eigenvalue weighted by molar-refractivity contribution is 0.617. The number of hydrogen-bond donors (Lipinski definition) is 0. The molecule has 2 aliphatic rings. The minimum absolute atomic E-state index is 0.258. The highest BCUT2D eigenvalue weighted by molar-refractivity contribution is 8.00. The van der Waals surface area contributed by atoms with Crippen LogP contribution in [-0.2, 0) is 5.41 Å². The standard InChI is InChI=1S/C55H35N3S2/c1-55(2)42-27-24-33-17-13-22-39-40-30-35(50-49(34-15-5-3-6-16-34)57-51-37-20-10-9-14-32(37)25-28-43(51)56-50)26-29-44(40)58(36-18-7-4-8-19-36)45-31-41-38-21-11-12-23-46(38)59-52(41)48(55)54(45)60-53(42)47(33)39/h3-31H,1-2H3. The van der Waals surface area contributed by atoms with E-state index in [0.29, 0.717) is 0 Å². The molecule has 282 valence electrons. The van der Waals surface area contributed by atoms with Crippen molar-refractivity contribution in [1.82, 2.24) is 9.97 Å². The van der Waals surface area contributed by atoms with Crippen LogP contribution in [0, 0.1) is 0 Å². The molecule has 3 nitrogen and oxygen atoms in total. The summed E-state index contributed by atoms with van der Waals surface area (Å²) >= 11 is 3.89. The van der Waals surface area contributed by atoms with E-state index in [-0.39, 0.29) is 5.41 Å². The largest absolute Gasteiger partial charge is 0.309 e. The number of para-hydroxylation sites is 1. The van der Waals surface area contributed by atoms with Crippen LogP contribution in [0.25, 0.3) is 86.4 Å². The van der Waals surface area contributed by atoms with E-state index in [4.69, 9.17) is 9.97 Å². The molecular weight excluding hydrogens is 767 g/mol. The summed E-state index contributed by atoms with van der Waals surface area (Å²) in [5, 5.41) is 7.43. The third-order valence-electron chi connectivity index (χ3n) is 12.8. The number of hydrogen-bond acceptors (Lipinski definition) is 5. The van der Waals surface area contributed by atoms with Crippen molar-refractivity contribution < 1.29 is 0 Å². The lowest BCUT2D eigenvalue weighted by Crippen LogP contribution is -2.25. The number of benzene rings is 9. The summed E-state index contributed by atoms with van der Waals surface area (Å²) in [7, 11) is 0. The Morgan fingerprint density at radius 3 is 2.12 bits per heavy atom. The van der Waals surface area contributed by atoms with Crippen LogP contribution in [0.4, 0.5) is 17.1 Å². The molecule has 2 bridgehead atoms. The van der Waals surface area contributed by atoms with Crippen molar-refractivity contribution in [2.45, 2.75) is 29.1 Å². The second-order valence-electron chi connectivity index (χ2n) is 16.5. The number of aromatic nitrogens is 2. The summed E-state index contributed by atoms with van der Waals surface area (Å²) < 4.78 is 2.70. The van der Waals surface area contributed by atoms with Crippen molar-refractivity contribution in [2.24, 2.45) is 0 Å². The molecule has 0 spiro atoms. The molecule has 0 radical (unpaired) electrons. The van der Waals surface area contributed by atoms with E-state index in [2.05, 4.69) is 195 Å². The molecule has 0 amide bonds. The van der Waals surface area contributed by atoms with Gasteiger partial charge in [0, 0.05) is 68.5 Å². The number of nitrogens with zero attached hydrogens (tertiary/aromatic N) is 3. The molecule has 0 unspecified atom stereocenters. The van der Waals surface area contributed by atoms with E-state index >= 15 is 0 Å². The van der Waals surface area contributed by atoms with Gasteiger partial charge in [0.15, 0.2) is 0 Å². The molecule has 60 heavy (non-hydrogen) atoms. The topological polar surface area (TPSA) is 29.0 Å². The fraction of sp³-hybridized carbons (Fsp3) is 0.0545. The summed E-state index contributed by atoms with van der Waals surface area (Å²) in [6.45, 7) is 4.88. The average Bonchev–Trinajstić information content (AvgIpc) is 3.68. The van der Waals surface area contributed by atoms with Gasteiger partial charge in [-0.15, -0.1) is 11.3 Å². The van der Waals surface area contributed by atoms with E-state index in [1.165, 1.54) is 63.1 Å². The predicted octanol–water partition coefficient (Wildman–Crippen LogP) is 15.9. The van der Waals surface area contributed by atoms with Gasteiger partial charge < -0.3 is 4.90 Å². The molecule has 0 N–H and O–H groups in total. The lowest BCUT2D eigenvalue weighted by atomic mass is 9.76. The fourth-order valence-electron chi connectivity index (χ4n) is 9.94. The van der Waals surface area contributed by atoms with Crippen molar-refractivity contribution in [3.8, 4) is 33.6 Å². The first-order chi connectivity index (χ1) is 29.5. The molecule has 0 atom stereocenters. The van der Waals surface area contributed by atoms with Gasteiger partial charge in [0.1, 0.15) is 0 Å². The Morgan fingerprint density at radius 1 is 0.517 bits per heavy atom. The van der Waals surface area contributed by atoms with Crippen molar-refractivity contribution in [1.29, 1.82) is 0 Å². The van der Waals surface area contributed by atoms with Crippen LogP contribution in [0.5, 0.6) is 0 Å². The van der Waals surface area contributed by atoms with Crippen molar-refractivity contribution >= 4 is 92.9 Å². The molecule has 2 aliphatic heterocycles. The van der Waals surface area contributed by atoms with Gasteiger partial charge in [-0.3, -0.25) is 0 Å². The van der Waals surface area contributed by atoms with Gasteiger partial charge in [-0.2, -0.15) is 0 Å². The predicted molar refractivity (Wildman–Crippen MR) is 255 cm³/mol. The van der Waals surface area contributed by atoms with Crippen LogP contribution in [0.1, 0.15) is 25.0 Å². The Morgan fingerprint density at radius 2 is 1.25 bits per heavy atom. The molecule has 0 fully saturated rings. The number of thiophene rings is 1. The number of anilines is 3. The molecule has 11 aromatic rings. The maximum absolute atomic E-state index is 5.51. The Bertz CT molecular complexity index is 3610. The monoisotopic (exact) mass is 801 g/mol. The summed E-state index contributed by atoms with van der Waals surface area (Å²) in [6.07, 6.45) is 0. The molecule has 13 rings (SSSR count). The zero-order valence-corrected chi connectivity index (χ0v) is 34.5. The maximum Gasteiger partial charge on any atom is 0.0973 e. The van der Waals surface area contributed by atoms with E-state index in [9.17, 15) is 0 Å². The highest BCUT2D eigenvalue weighted by Crippen LogP contribution is 2.62. The SMILES string of the molecule is CC1(C)c2ccc3cccc4c3c2Sc2c(cc3c(sc5ccccc53)c21)N(c1ccccc1)c1ccc(-c2nc3ccc5ccccc5c3nc2-c2ccccc2)cc1-4. The summed E-state index contributed by atoms with van der Waals surface area (Å²) in [5.74, 6) is 0. The smallest absolute Gasteiger partial charge is 0.0973 e. The van der Waals surface area contributed by atoms with Crippen LogP contribution < -0.4 is 4.90 Å². The van der Waals surface area contributed by atoms with Crippen LogP contribution in [0.3, 0.4) is 0 Å². The number of fused-ring (bicyclic) bond motifs is 9. The van der Waals surface area contributed by atoms with Gasteiger partial charge in [0.05, 0.1) is 33.8 Å². The minimum atomic E-state index is -0.258. The van der Waals surface area contributed by atoms with Gasteiger partial charge in [-0.25, -0.2) is 9.97 Å². The zero-order valence-electron chi connectivity index (χ0n) is 32.9. The normalized spacial score (nSPS) is 13.9. The molecule has 0 aliphatic carbocycles. The molecule has 5 heteroatoms. The van der Waals surface area contributed by atoms with Gasteiger partial charge in [-0.05, 0) is 69.9 Å². The van der Waals surface area contributed by atoms with E-state index < -0.39 is 0 Å². The minimum Gasteiger partial charge on any atom is -0.309 e. The molecule has 4 heterocycles. The van der Waals surface area contributed by atoms with Crippen molar-refractivity contribution in [3.63, 3.8) is 0 Å². The Labute approximate surface area is 355 Å². The highest BCUT2D eigenvalue weighted by atomic mass is 32.2. The molecular formula is C55H35N3S2. The highest BCUT2D eigenvalue weighted by Gasteiger charge is 2.40. The Hall–Kier alpha value is -6.79. The van der Waals surface area contributed by atoms with Crippen molar-refractivity contribution in [3.05, 3.63) is 187 Å². The first-order valence-corrected chi connectivity index (χ1v) is 22.1. The van der Waals surface area contributed by atoms with Gasteiger partial charge in [0.2, 0.25) is 0 Å². The first-order valence-electron chi connectivity index (χ1n) is 20.5. The van der Waals surface area contributed by atoms with E-state index in [1.807, 2.05) is 23.1 Å². The Balaban J connectivity index is 1.17. The number of rotatable bonds is 3. The van der Waals surface area contributed by atoms with Crippen LogP contribution >= 0.6 is 23.1 Å². The molecule has 9 aromatic carbocycles. The van der Waals surface area contributed by atoms with E-state index in [1.54, 1.807) is 0 Å². The van der Waals surface area contributed by atoms with Crippen LogP contribution in [-0.4, -0.2) is 9.97 Å². The van der Waals surface area contributed by atoms with Crippen LogP contribution in [0.2, 0.25) is 0 Å². The van der Waals surface area contributed by atoms with Gasteiger partial charge in [0.25, 0.3) is 0 Å². The zero-order chi connectivity index (χ0) is 39.7. The van der Waals surface area contributed by atoms with E-state index in [0.717, 1.165) is 61.3 Å². The lowest BCUT2D eigenvalue weighted by Gasteiger charge is -2.38. The summed E-state index contributed by atoms with van der Waals surface area (Å²) in [5.41, 5.74) is 14.0. The van der Waals surface area contributed by atoms with Gasteiger partial charge >= 0.3 is 0 Å². The molecule has 0 saturated heterocycles. The fourth-order valence-corrected chi connectivity index (χ4v) is 13.1. The summed E-state index contributed by atoms with van der Waals surface area (Å²) in [6, 6.07) is 64.2. The quantitative estimate of drug-likeness (QED) is 0.166. The second kappa shape index (κ2) is 12.6. The summed E-state index contributed by atoms with van der Waals surface area (Å²) in [4.78, 5) is 16.2.